The molecule has 3 rings (SSSR count). The van der Waals surface area contributed by atoms with Crippen LogP contribution in [-0.4, -0.2) is 54.0 Å². The molecule has 7 heteroatoms. The molecule has 6 nitrogen and oxygen atoms in total. The van der Waals surface area contributed by atoms with E-state index in [0.717, 1.165) is 29.7 Å². The van der Waals surface area contributed by atoms with Gasteiger partial charge in [0.1, 0.15) is 18.9 Å². The summed E-state index contributed by atoms with van der Waals surface area (Å²) in [5.74, 6) is 0.803. The Morgan fingerprint density at radius 1 is 1.28 bits per heavy atom. The maximum absolute atomic E-state index is 13.4. The lowest BCUT2D eigenvalue weighted by Crippen LogP contribution is -2.50. The summed E-state index contributed by atoms with van der Waals surface area (Å²) in [6.07, 6.45) is 1.64. The fourth-order valence-electron chi connectivity index (χ4n) is 4.12. The number of fused-ring (bicyclic) bond motifs is 1. The maximum Gasteiger partial charge on any atom is 0.318 e. The number of nitrogens with zero attached hydrogens (tertiary/aromatic N) is 2. The average molecular weight is 458 g/mol. The van der Waals surface area contributed by atoms with Gasteiger partial charge in [0.2, 0.25) is 5.91 Å². The summed E-state index contributed by atoms with van der Waals surface area (Å²) in [5.41, 5.74) is 3.44. The third-order valence-corrected chi connectivity index (χ3v) is 6.66. The molecule has 1 atom stereocenters. The summed E-state index contributed by atoms with van der Waals surface area (Å²) >= 11 is 1.74. The van der Waals surface area contributed by atoms with Crippen molar-refractivity contribution in [3.63, 3.8) is 0 Å². The van der Waals surface area contributed by atoms with Crippen LogP contribution in [0.25, 0.3) is 0 Å². The van der Waals surface area contributed by atoms with E-state index in [1.54, 1.807) is 16.2 Å². The highest BCUT2D eigenvalue weighted by atomic mass is 32.1. The van der Waals surface area contributed by atoms with Gasteiger partial charge in [0.15, 0.2) is 0 Å². The van der Waals surface area contributed by atoms with Crippen molar-refractivity contribution in [1.82, 2.24) is 15.1 Å². The minimum atomic E-state index is -0.188. The number of carbonyl (C=O) groups excluding carboxylic acids is 2. The molecule has 2 aromatic rings. The van der Waals surface area contributed by atoms with E-state index in [9.17, 15) is 9.59 Å². The number of thiophene rings is 1. The van der Waals surface area contributed by atoms with Crippen LogP contribution in [0.1, 0.15) is 54.8 Å². The van der Waals surface area contributed by atoms with Gasteiger partial charge in [-0.05, 0) is 69.2 Å². The Morgan fingerprint density at radius 2 is 2.06 bits per heavy atom. The zero-order valence-electron chi connectivity index (χ0n) is 19.8. The SMILES string of the molecule is CCCN(CC(=O)N1CCc2sccc2[C@@H]1COc1ccc(C)cc1C)C(=O)NC(C)C. The van der Waals surface area contributed by atoms with Crippen molar-refractivity contribution in [3.05, 3.63) is 51.2 Å². The van der Waals surface area contributed by atoms with Gasteiger partial charge in [-0.25, -0.2) is 4.79 Å². The van der Waals surface area contributed by atoms with Gasteiger partial charge in [-0.2, -0.15) is 0 Å². The van der Waals surface area contributed by atoms with Gasteiger partial charge < -0.3 is 19.9 Å². The van der Waals surface area contributed by atoms with Gasteiger partial charge in [-0.1, -0.05) is 24.6 Å². The number of carbonyl (C=O) groups is 2. The smallest absolute Gasteiger partial charge is 0.318 e. The predicted molar refractivity (Wildman–Crippen MR) is 129 cm³/mol. The van der Waals surface area contributed by atoms with Crippen LogP contribution in [0.15, 0.2) is 29.6 Å². The maximum atomic E-state index is 13.4. The molecule has 0 unspecified atom stereocenters. The summed E-state index contributed by atoms with van der Waals surface area (Å²) in [5, 5.41) is 4.99. The van der Waals surface area contributed by atoms with E-state index in [2.05, 4.69) is 29.8 Å². The lowest BCUT2D eigenvalue weighted by atomic mass is 10.00. The van der Waals surface area contributed by atoms with Crippen LogP contribution in [0.4, 0.5) is 4.79 Å². The van der Waals surface area contributed by atoms with Crippen LogP contribution in [0.5, 0.6) is 5.75 Å². The molecule has 1 aliphatic rings. The lowest BCUT2D eigenvalue weighted by molar-refractivity contribution is -0.135. The van der Waals surface area contributed by atoms with Crippen LogP contribution in [0.2, 0.25) is 0 Å². The lowest BCUT2D eigenvalue weighted by Gasteiger charge is -2.37. The number of benzene rings is 1. The first-order valence-corrected chi connectivity index (χ1v) is 12.3. The largest absolute Gasteiger partial charge is 0.491 e. The normalized spacial score (nSPS) is 15.4. The Kier molecular flexibility index (Phi) is 8.18. The molecule has 1 aromatic heterocycles. The molecule has 0 radical (unpaired) electrons. The zero-order valence-corrected chi connectivity index (χ0v) is 20.6. The quantitative estimate of drug-likeness (QED) is 0.625. The monoisotopic (exact) mass is 457 g/mol. The van der Waals surface area contributed by atoms with Crippen molar-refractivity contribution < 1.29 is 14.3 Å². The number of nitrogens with one attached hydrogen (secondary N) is 1. The van der Waals surface area contributed by atoms with Crippen LogP contribution < -0.4 is 10.1 Å². The fourth-order valence-corrected chi connectivity index (χ4v) is 5.05. The van der Waals surface area contributed by atoms with Gasteiger partial charge in [-0.3, -0.25) is 4.79 Å². The molecule has 0 saturated heterocycles. The first-order valence-electron chi connectivity index (χ1n) is 11.4. The third-order valence-electron chi connectivity index (χ3n) is 5.66. The van der Waals surface area contributed by atoms with E-state index in [1.165, 1.54) is 10.4 Å². The molecule has 0 fully saturated rings. The van der Waals surface area contributed by atoms with E-state index in [0.29, 0.717) is 19.7 Å². The van der Waals surface area contributed by atoms with Crippen LogP contribution >= 0.6 is 11.3 Å². The summed E-state index contributed by atoms with van der Waals surface area (Å²) in [6, 6.07) is 7.92. The first-order chi connectivity index (χ1) is 15.3. The van der Waals surface area contributed by atoms with Crippen LogP contribution in [0.3, 0.4) is 0 Å². The highest BCUT2D eigenvalue weighted by Crippen LogP contribution is 2.34. The van der Waals surface area contributed by atoms with Crippen molar-refractivity contribution in [2.75, 3.05) is 26.2 Å². The van der Waals surface area contributed by atoms with E-state index in [1.807, 2.05) is 44.7 Å². The number of aryl methyl sites for hydroxylation is 2. The molecule has 0 spiro atoms. The summed E-state index contributed by atoms with van der Waals surface area (Å²) in [6.45, 7) is 11.6. The van der Waals surface area contributed by atoms with Gasteiger partial charge in [-0.15, -0.1) is 11.3 Å². The second-order valence-electron chi connectivity index (χ2n) is 8.76. The third kappa shape index (κ3) is 5.82. The molecule has 0 bridgehead atoms. The molecule has 0 saturated carbocycles. The minimum Gasteiger partial charge on any atom is -0.491 e. The Balaban J connectivity index is 1.77. The Morgan fingerprint density at radius 3 is 2.75 bits per heavy atom. The Labute approximate surface area is 195 Å². The first kappa shape index (κ1) is 24.1. The van der Waals surface area contributed by atoms with Crippen LogP contribution in [-0.2, 0) is 11.2 Å². The van der Waals surface area contributed by atoms with Crippen LogP contribution in [0, 0.1) is 13.8 Å². The number of hydrogen-bond acceptors (Lipinski definition) is 4. The van der Waals surface area contributed by atoms with Crippen molar-refractivity contribution in [2.45, 2.75) is 59.5 Å². The van der Waals surface area contributed by atoms with Crippen molar-refractivity contribution in [1.29, 1.82) is 0 Å². The number of hydrogen-bond donors (Lipinski definition) is 1. The zero-order chi connectivity index (χ0) is 23.3. The highest BCUT2D eigenvalue weighted by Gasteiger charge is 2.33. The average Bonchev–Trinajstić information content (AvgIpc) is 3.21. The molecule has 174 valence electrons. The number of ether oxygens (including phenoxy) is 1. The highest BCUT2D eigenvalue weighted by molar-refractivity contribution is 7.10. The number of rotatable bonds is 8. The van der Waals surface area contributed by atoms with E-state index in [4.69, 9.17) is 4.74 Å². The summed E-state index contributed by atoms with van der Waals surface area (Å²) < 4.78 is 6.21. The standard InChI is InChI=1S/C25H35N3O3S/c1-6-11-27(25(30)26-17(2)3)15-24(29)28-12-9-23-20(10-13-32-23)21(28)16-31-22-8-7-18(4)14-19(22)5/h7-8,10,13-14,17,21H,6,9,11-12,15-16H2,1-5H3,(H,26,30)/t21-/m0/s1. The van der Waals surface area contributed by atoms with Gasteiger partial charge >= 0.3 is 6.03 Å². The molecule has 1 aromatic carbocycles. The molecule has 0 aliphatic carbocycles. The Bertz CT molecular complexity index is 940. The van der Waals surface area contributed by atoms with Crippen molar-refractivity contribution in [3.8, 4) is 5.75 Å². The molecule has 1 N–H and O–H groups in total. The number of amides is 3. The summed E-state index contributed by atoms with van der Waals surface area (Å²) in [7, 11) is 0. The molecular weight excluding hydrogens is 422 g/mol. The Hall–Kier alpha value is -2.54. The fraction of sp³-hybridized carbons (Fsp3) is 0.520. The summed E-state index contributed by atoms with van der Waals surface area (Å²) in [4.78, 5) is 30.8. The molecule has 1 aliphatic heterocycles. The second-order valence-corrected chi connectivity index (χ2v) is 9.76. The van der Waals surface area contributed by atoms with Gasteiger partial charge in [0.05, 0.1) is 6.04 Å². The minimum absolute atomic E-state index is 0.0270. The van der Waals surface area contributed by atoms with E-state index in [-0.39, 0.29) is 30.6 Å². The van der Waals surface area contributed by atoms with E-state index < -0.39 is 0 Å². The molecule has 3 amide bonds. The van der Waals surface area contributed by atoms with Crippen molar-refractivity contribution in [2.24, 2.45) is 0 Å². The molecule has 32 heavy (non-hydrogen) atoms. The topological polar surface area (TPSA) is 61.9 Å². The predicted octanol–water partition coefficient (Wildman–Crippen LogP) is 4.70. The number of urea groups is 1. The van der Waals surface area contributed by atoms with Gasteiger partial charge in [0, 0.05) is 24.0 Å². The van der Waals surface area contributed by atoms with Crippen molar-refractivity contribution >= 4 is 23.3 Å². The molecule has 2 heterocycles. The molecular formula is C25H35N3O3S. The second kappa shape index (κ2) is 10.9. The van der Waals surface area contributed by atoms with Gasteiger partial charge in [0.25, 0.3) is 0 Å². The van der Waals surface area contributed by atoms with E-state index >= 15 is 0 Å².